The molecule has 1 aromatic rings. The summed E-state index contributed by atoms with van der Waals surface area (Å²) < 4.78 is 14.1. The van der Waals surface area contributed by atoms with Gasteiger partial charge in [-0.25, -0.2) is 4.39 Å². The third-order valence-corrected chi connectivity index (χ3v) is 4.36. The molecule has 2 rings (SSSR count). The number of rotatable bonds is 4. The van der Waals surface area contributed by atoms with Crippen LogP contribution in [0.2, 0.25) is 0 Å². The minimum atomic E-state index is -0.109. The third kappa shape index (κ3) is 3.57. The molecular weight excluding hydrogens is 253 g/mol. The highest BCUT2D eigenvalue weighted by atomic mass is 19.1. The lowest BCUT2D eigenvalue weighted by Crippen LogP contribution is -2.51. The monoisotopic (exact) mass is 279 g/mol. The number of likely N-dealkylation sites (N-methyl/N-ethyl adjacent to an activating group) is 2. The van der Waals surface area contributed by atoms with Gasteiger partial charge in [-0.2, -0.15) is 0 Å². The van der Waals surface area contributed by atoms with E-state index in [0.717, 1.165) is 37.2 Å². The van der Waals surface area contributed by atoms with Gasteiger partial charge < -0.3 is 15.1 Å². The predicted molar refractivity (Wildman–Crippen MR) is 81.5 cm³/mol. The van der Waals surface area contributed by atoms with Crippen molar-refractivity contribution in [2.75, 3.05) is 40.8 Å². The molecule has 0 aliphatic carbocycles. The molecule has 2 unspecified atom stereocenters. The van der Waals surface area contributed by atoms with E-state index in [4.69, 9.17) is 0 Å². The highest BCUT2D eigenvalue weighted by Crippen LogP contribution is 2.25. The maximum atomic E-state index is 14.1. The number of piperazine rings is 1. The van der Waals surface area contributed by atoms with E-state index in [0.29, 0.717) is 6.04 Å². The summed E-state index contributed by atoms with van der Waals surface area (Å²) in [6.45, 7) is 5.24. The lowest BCUT2D eigenvalue weighted by Gasteiger charge is -2.39. The molecule has 20 heavy (non-hydrogen) atoms. The Labute approximate surface area is 121 Å². The summed E-state index contributed by atoms with van der Waals surface area (Å²) in [6, 6.07) is 5.89. The van der Waals surface area contributed by atoms with Crippen LogP contribution in [-0.4, -0.2) is 56.6 Å². The molecule has 1 heterocycles. The van der Waals surface area contributed by atoms with Crippen molar-refractivity contribution in [1.82, 2.24) is 15.1 Å². The van der Waals surface area contributed by atoms with Crippen molar-refractivity contribution in [3.8, 4) is 0 Å². The Bertz CT molecular complexity index is 449. The van der Waals surface area contributed by atoms with Gasteiger partial charge >= 0.3 is 0 Å². The predicted octanol–water partition coefficient (Wildman–Crippen LogP) is 2.03. The van der Waals surface area contributed by atoms with Crippen LogP contribution in [0.25, 0.3) is 0 Å². The number of aryl methyl sites for hydroxylation is 1. The molecule has 1 aliphatic heterocycles. The third-order valence-electron chi connectivity index (χ3n) is 4.36. The van der Waals surface area contributed by atoms with Crippen LogP contribution in [0.15, 0.2) is 18.2 Å². The molecule has 1 saturated heterocycles. The van der Waals surface area contributed by atoms with Crippen LogP contribution in [-0.2, 0) is 0 Å². The summed E-state index contributed by atoms with van der Waals surface area (Å²) in [5.74, 6) is -0.109. The number of nitrogens with zero attached hydrogens (tertiary/aromatic N) is 2. The van der Waals surface area contributed by atoms with Crippen molar-refractivity contribution in [2.45, 2.75) is 25.4 Å². The number of hydrogen-bond donors (Lipinski definition) is 1. The molecule has 3 nitrogen and oxygen atoms in total. The summed E-state index contributed by atoms with van der Waals surface area (Å²) in [7, 11) is 6.23. The van der Waals surface area contributed by atoms with Gasteiger partial charge in [-0.1, -0.05) is 17.7 Å². The molecule has 1 fully saturated rings. The number of halogens is 1. The number of hydrogen-bond acceptors (Lipinski definition) is 3. The van der Waals surface area contributed by atoms with E-state index in [2.05, 4.69) is 29.2 Å². The smallest absolute Gasteiger partial charge is 0.127 e. The molecule has 0 spiro atoms. The molecule has 2 atom stereocenters. The van der Waals surface area contributed by atoms with E-state index in [-0.39, 0.29) is 11.9 Å². The average molecular weight is 279 g/mol. The van der Waals surface area contributed by atoms with Crippen LogP contribution in [0.3, 0.4) is 0 Å². The van der Waals surface area contributed by atoms with Crippen LogP contribution in [0.5, 0.6) is 0 Å². The zero-order valence-corrected chi connectivity index (χ0v) is 13.0. The highest BCUT2D eigenvalue weighted by Gasteiger charge is 2.26. The molecular formula is C16H26FN3. The Morgan fingerprint density at radius 3 is 2.80 bits per heavy atom. The van der Waals surface area contributed by atoms with Gasteiger partial charge in [-0.15, -0.1) is 0 Å². The highest BCUT2D eigenvalue weighted by molar-refractivity contribution is 5.27. The average Bonchev–Trinajstić information content (AvgIpc) is 2.42. The molecule has 0 aromatic heterocycles. The van der Waals surface area contributed by atoms with Crippen molar-refractivity contribution < 1.29 is 4.39 Å². The second kappa shape index (κ2) is 6.66. The van der Waals surface area contributed by atoms with E-state index < -0.39 is 0 Å². The molecule has 0 radical (unpaired) electrons. The van der Waals surface area contributed by atoms with Gasteiger partial charge in [0.1, 0.15) is 5.82 Å². The first-order chi connectivity index (χ1) is 9.51. The van der Waals surface area contributed by atoms with E-state index in [1.54, 1.807) is 6.07 Å². The van der Waals surface area contributed by atoms with Gasteiger partial charge in [0.2, 0.25) is 0 Å². The quantitative estimate of drug-likeness (QED) is 0.910. The molecule has 0 bridgehead atoms. The summed E-state index contributed by atoms with van der Waals surface area (Å²) in [5, 5.41) is 3.28. The van der Waals surface area contributed by atoms with Crippen molar-refractivity contribution >= 4 is 0 Å². The molecule has 1 aromatic carbocycles. The fourth-order valence-corrected chi connectivity index (χ4v) is 2.96. The first-order valence-electron chi connectivity index (χ1n) is 7.33. The van der Waals surface area contributed by atoms with E-state index in [1.165, 1.54) is 0 Å². The van der Waals surface area contributed by atoms with Crippen LogP contribution in [0.1, 0.15) is 23.6 Å². The molecule has 1 aliphatic rings. The Balaban J connectivity index is 2.13. The summed E-state index contributed by atoms with van der Waals surface area (Å²) >= 11 is 0. The molecule has 0 saturated carbocycles. The molecule has 0 amide bonds. The Morgan fingerprint density at radius 2 is 2.10 bits per heavy atom. The molecule has 112 valence electrons. The minimum absolute atomic E-state index is 0.0637. The minimum Gasteiger partial charge on any atom is -0.313 e. The number of nitrogens with one attached hydrogen (secondary N) is 1. The second-order valence-corrected chi connectivity index (χ2v) is 6.00. The van der Waals surface area contributed by atoms with Gasteiger partial charge in [0.15, 0.2) is 0 Å². The van der Waals surface area contributed by atoms with Crippen LogP contribution < -0.4 is 5.32 Å². The fourth-order valence-electron chi connectivity index (χ4n) is 2.96. The Hall–Kier alpha value is -0.970. The lowest BCUT2D eigenvalue weighted by atomic mass is 9.95. The van der Waals surface area contributed by atoms with Crippen molar-refractivity contribution in [2.24, 2.45) is 0 Å². The van der Waals surface area contributed by atoms with Crippen molar-refractivity contribution in [3.63, 3.8) is 0 Å². The van der Waals surface area contributed by atoms with Gasteiger partial charge in [0.05, 0.1) is 0 Å². The van der Waals surface area contributed by atoms with Crippen LogP contribution in [0.4, 0.5) is 4.39 Å². The zero-order chi connectivity index (χ0) is 14.7. The van der Waals surface area contributed by atoms with Crippen molar-refractivity contribution in [3.05, 3.63) is 35.1 Å². The normalized spacial score (nSPS) is 22.9. The van der Waals surface area contributed by atoms with Gasteiger partial charge in [0, 0.05) is 37.3 Å². The Kier molecular flexibility index (Phi) is 5.13. The first-order valence-corrected chi connectivity index (χ1v) is 7.33. The second-order valence-electron chi connectivity index (χ2n) is 6.00. The zero-order valence-electron chi connectivity index (χ0n) is 13.0. The van der Waals surface area contributed by atoms with E-state index >= 15 is 0 Å². The lowest BCUT2D eigenvalue weighted by molar-refractivity contribution is 0.101. The van der Waals surface area contributed by atoms with E-state index in [9.17, 15) is 4.39 Å². The summed E-state index contributed by atoms with van der Waals surface area (Å²) in [4.78, 5) is 4.74. The Morgan fingerprint density at radius 1 is 1.35 bits per heavy atom. The largest absolute Gasteiger partial charge is 0.313 e. The van der Waals surface area contributed by atoms with Gasteiger partial charge in [-0.05, 0) is 40.6 Å². The number of benzene rings is 1. The topological polar surface area (TPSA) is 18.5 Å². The standard InChI is InChI=1S/C16H26FN3/c1-12-5-6-15(17)14(9-12)16(18-2)10-13-11-19(3)7-8-20(13)4/h5-6,9,13,16,18H,7-8,10-11H2,1-4H3. The van der Waals surface area contributed by atoms with Gasteiger partial charge in [-0.3, -0.25) is 0 Å². The molecule has 4 heteroatoms. The van der Waals surface area contributed by atoms with Gasteiger partial charge in [0.25, 0.3) is 0 Å². The first kappa shape index (κ1) is 15.4. The maximum absolute atomic E-state index is 14.1. The van der Waals surface area contributed by atoms with E-state index in [1.807, 2.05) is 26.1 Å². The summed E-state index contributed by atoms with van der Waals surface area (Å²) in [5.41, 5.74) is 1.89. The fraction of sp³-hybridized carbons (Fsp3) is 0.625. The van der Waals surface area contributed by atoms with Crippen LogP contribution >= 0.6 is 0 Å². The SMILES string of the molecule is CNC(CC1CN(C)CCN1C)c1cc(C)ccc1F. The summed E-state index contributed by atoms with van der Waals surface area (Å²) in [6.07, 6.45) is 0.928. The molecule has 1 N–H and O–H groups in total. The maximum Gasteiger partial charge on any atom is 0.127 e. The van der Waals surface area contributed by atoms with Crippen molar-refractivity contribution in [1.29, 1.82) is 0 Å². The van der Waals surface area contributed by atoms with Crippen LogP contribution in [0, 0.1) is 12.7 Å².